The van der Waals surface area contributed by atoms with E-state index in [1.54, 1.807) is 0 Å². The van der Waals surface area contributed by atoms with Crippen LogP contribution in [0.3, 0.4) is 0 Å². The van der Waals surface area contributed by atoms with Crippen LogP contribution in [0.5, 0.6) is 0 Å². The lowest BCUT2D eigenvalue weighted by Gasteiger charge is -2.32. The van der Waals surface area contributed by atoms with Crippen molar-refractivity contribution in [2.45, 2.75) is 45.6 Å². The quantitative estimate of drug-likeness (QED) is 0.803. The molecule has 2 atom stereocenters. The summed E-state index contributed by atoms with van der Waals surface area (Å²) in [6.07, 6.45) is 3.88. The monoisotopic (exact) mass is 299 g/mol. The van der Waals surface area contributed by atoms with Crippen molar-refractivity contribution in [2.24, 2.45) is 11.3 Å². The van der Waals surface area contributed by atoms with Crippen LogP contribution in [0, 0.1) is 22.7 Å². The molecule has 0 spiro atoms. The summed E-state index contributed by atoms with van der Waals surface area (Å²) in [6.45, 7) is 7.00. The average molecular weight is 299 g/mol. The number of hydrogen-bond acceptors (Lipinski definition) is 4. The summed E-state index contributed by atoms with van der Waals surface area (Å²) in [5.74, 6) is 0.651. The van der Waals surface area contributed by atoms with Gasteiger partial charge >= 0.3 is 0 Å². The van der Waals surface area contributed by atoms with Crippen LogP contribution >= 0.6 is 0 Å². The molecule has 0 amide bonds. The van der Waals surface area contributed by atoms with E-state index >= 15 is 0 Å². The van der Waals surface area contributed by atoms with Crippen molar-refractivity contribution in [2.75, 3.05) is 25.4 Å². The van der Waals surface area contributed by atoms with E-state index in [-0.39, 0.29) is 11.8 Å². The molecule has 1 aliphatic heterocycles. The summed E-state index contributed by atoms with van der Waals surface area (Å²) >= 11 is 0. The minimum Gasteiger partial charge on any atom is -0.301 e. The van der Waals surface area contributed by atoms with Gasteiger partial charge in [0, 0.05) is 19.1 Å². The molecular weight excluding hydrogens is 274 g/mol. The van der Waals surface area contributed by atoms with Crippen LogP contribution in [0.2, 0.25) is 0 Å². The van der Waals surface area contributed by atoms with Gasteiger partial charge in [-0.05, 0) is 45.1 Å². The summed E-state index contributed by atoms with van der Waals surface area (Å²) in [4.78, 5) is 2.33. The van der Waals surface area contributed by atoms with Gasteiger partial charge in [0.15, 0.2) is 0 Å². The van der Waals surface area contributed by atoms with Crippen molar-refractivity contribution in [1.29, 1.82) is 5.26 Å². The Bertz CT molecular complexity index is 479. The van der Waals surface area contributed by atoms with Gasteiger partial charge in [0.05, 0.1) is 17.2 Å². The number of rotatable bonds is 6. The second-order valence-corrected chi connectivity index (χ2v) is 8.43. The Kier molecular flexibility index (Phi) is 4.73. The molecule has 5 nitrogen and oxygen atoms in total. The predicted octanol–water partition coefficient (Wildman–Crippen LogP) is 1.33. The van der Waals surface area contributed by atoms with Crippen LogP contribution in [0.25, 0.3) is 0 Å². The van der Waals surface area contributed by atoms with Crippen molar-refractivity contribution < 1.29 is 8.42 Å². The highest BCUT2D eigenvalue weighted by atomic mass is 32.2. The van der Waals surface area contributed by atoms with Crippen molar-refractivity contribution in [3.63, 3.8) is 0 Å². The Morgan fingerprint density at radius 1 is 1.50 bits per heavy atom. The molecular formula is C14H25N3O2S. The molecule has 1 aliphatic carbocycles. The molecule has 1 saturated heterocycles. The first-order valence-corrected chi connectivity index (χ1v) is 9.13. The highest BCUT2D eigenvalue weighted by molar-refractivity contribution is 7.89. The number of nitrogens with zero attached hydrogens (tertiary/aromatic N) is 2. The number of hydrogen-bond donors (Lipinski definition) is 1. The second-order valence-electron chi connectivity index (χ2n) is 6.68. The Hall–Kier alpha value is -0.640. The summed E-state index contributed by atoms with van der Waals surface area (Å²) in [6, 6.07) is 2.04. The zero-order chi connectivity index (χ0) is 14.8. The first-order chi connectivity index (χ1) is 9.34. The second kappa shape index (κ2) is 6.00. The van der Waals surface area contributed by atoms with Crippen LogP contribution in [0.1, 0.15) is 39.5 Å². The van der Waals surface area contributed by atoms with E-state index in [0.29, 0.717) is 18.8 Å². The fraction of sp³-hybridized carbons (Fsp3) is 0.929. The number of likely N-dealkylation sites (tertiary alicyclic amines) is 1. The average Bonchev–Trinajstić information content (AvgIpc) is 3.07. The first-order valence-electron chi connectivity index (χ1n) is 7.48. The Morgan fingerprint density at radius 3 is 2.75 bits per heavy atom. The van der Waals surface area contributed by atoms with E-state index in [2.05, 4.69) is 22.6 Å². The third kappa shape index (κ3) is 4.44. The van der Waals surface area contributed by atoms with Gasteiger partial charge in [0.2, 0.25) is 10.0 Å². The van der Waals surface area contributed by atoms with E-state index in [1.807, 2.05) is 6.92 Å². The highest BCUT2D eigenvalue weighted by Crippen LogP contribution is 2.45. The van der Waals surface area contributed by atoms with Gasteiger partial charge in [-0.15, -0.1) is 0 Å². The molecule has 20 heavy (non-hydrogen) atoms. The van der Waals surface area contributed by atoms with E-state index in [0.717, 1.165) is 19.6 Å². The lowest BCUT2D eigenvalue weighted by molar-refractivity contribution is 0.174. The maximum atomic E-state index is 12.1. The third-order valence-corrected chi connectivity index (χ3v) is 5.91. The first kappa shape index (κ1) is 15.7. The molecule has 0 aromatic heterocycles. The van der Waals surface area contributed by atoms with Crippen LogP contribution in [0.4, 0.5) is 0 Å². The van der Waals surface area contributed by atoms with E-state index in [9.17, 15) is 8.42 Å². The van der Waals surface area contributed by atoms with E-state index in [4.69, 9.17) is 5.26 Å². The zero-order valence-electron chi connectivity index (χ0n) is 12.4. The summed E-state index contributed by atoms with van der Waals surface area (Å²) in [7, 11) is -3.35. The van der Waals surface area contributed by atoms with Gasteiger partial charge < -0.3 is 4.90 Å². The maximum absolute atomic E-state index is 12.1. The van der Waals surface area contributed by atoms with Gasteiger partial charge in [-0.25, -0.2) is 13.1 Å². The topological polar surface area (TPSA) is 73.2 Å². The zero-order valence-corrected chi connectivity index (χ0v) is 13.2. The highest BCUT2D eigenvalue weighted by Gasteiger charge is 2.47. The largest absolute Gasteiger partial charge is 0.301 e. The molecule has 2 fully saturated rings. The molecule has 1 saturated carbocycles. The Balaban J connectivity index is 1.81. The van der Waals surface area contributed by atoms with Crippen molar-refractivity contribution in [3.05, 3.63) is 0 Å². The molecule has 1 N–H and O–H groups in total. The molecule has 1 heterocycles. The van der Waals surface area contributed by atoms with Gasteiger partial charge in [-0.3, -0.25) is 0 Å². The minimum atomic E-state index is -3.35. The lowest BCUT2D eigenvalue weighted by atomic mass is 10.00. The molecule has 2 rings (SSSR count). The van der Waals surface area contributed by atoms with Crippen LogP contribution in [0.15, 0.2) is 0 Å². The molecule has 6 heteroatoms. The SMILES string of the molecule is C[C@H]1CCCN(C[C@H](C)NS(=O)(=O)CC2(C#N)CC2)C1. The predicted molar refractivity (Wildman–Crippen MR) is 78.5 cm³/mol. The third-order valence-electron chi connectivity index (χ3n) is 4.21. The van der Waals surface area contributed by atoms with Crippen molar-refractivity contribution in [3.8, 4) is 6.07 Å². The summed E-state index contributed by atoms with van der Waals surface area (Å²) in [5, 5.41) is 8.99. The minimum absolute atomic E-state index is 0.0444. The number of nitrogens with one attached hydrogen (secondary N) is 1. The Morgan fingerprint density at radius 2 is 2.20 bits per heavy atom. The molecule has 0 radical (unpaired) electrons. The van der Waals surface area contributed by atoms with E-state index in [1.165, 1.54) is 12.8 Å². The Labute approximate surface area is 122 Å². The number of piperidine rings is 1. The van der Waals surface area contributed by atoms with E-state index < -0.39 is 15.4 Å². The molecule has 0 aromatic rings. The van der Waals surface area contributed by atoms with Gasteiger partial charge in [0.25, 0.3) is 0 Å². The number of nitriles is 1. The van der Waals surface area contributed by atoms with Crippen LogP contribution < -0.4 is 4.72 Å². The summed E-state index contributed by atoms with van der Waals surface area (Å²) < 4.78 is 26.9. The van der Waals surface area contributed by atoms with Crippen molar-refractivity contribution >= 4 is 10.0 Å². The molecule has 0 aromatic carbocycles. The normalized spacial score (nSPS) is 27.8. The standard InChI is InChI=1S/C14H25N3O2S/c1-12-4-3-7-17(8-12)9-13(2)16-20(18,19)11-14(10-15)5-6-14/h12-13,16H,3-9,11H2,1-2H3/t12-,13-/m0/s1. The lowest BCUT2D eigenvalue weighted by Crippen LogP contribution is -2.46. The van der Waals surface area contributed by atoms with Crippen LogP contribution in [-0.4, -0.2) is 44.7 Å². The maximum Gasteiger partial charge on any atom is 0.213 e. The smallest absolute Gasteiger partial charge is 0.213 e. The van der Waals surface area contributed by atoms with Gasteiger partial charge in [0.1, 0.15) is 0 Å². The van der Waals surface area contributed by atoms with Gasteiger partial charge in [-0.2, -0.15) is 5.26 Å². The molecule has 0 bridgehead atoms. The fourth-order valence-corrected chi connectivity index (χ4v) is 4.88. The fourth-order valence-electron chi connectivity index (χ4n) is 3.03. The van der Waals surface area contributed by atoms with Crippen LogP contribution in [-0.2, 0) is 10.0 Å². The number of sulfonamides is 1. The molecule has 2 aliphatic rings. The summed E-state index contributed by atoms with van der Waals surface area (Å²) in [5.41, 5.74) is -0.606. The molecule has 114 valence electrons. The van der Waals surface area contributed by atoms with Crippen molar-refractivity contribution in [1.82, 2.24) is 9.62 Å². The van der Waals surface area contributed by atoms with Gasteiger partial charge in [-0.1, -0.05) is 6.92 Å². The molecule has 0 unspecified atom stereocenters.